The van der Waals surface area contributed by atoms with Gasteiger partial charge in [-0.05, 0) is 36.9 Å². The van der Waals surface area contributed by atoms with Crippen LogP contribution < -0.4 is 0 Å². The maximum absolute atomic E-state index is 2.19. The van der Waals surface area contributed by atoms with E-state index in [0.717, 1.165) is 0 Å². The summed E-state index contributed by atoms with van der Waals surface area (Å²) in [6.45, 7) is 4.25. The second-order valence-corrected chi connectivity index (χ2v) is 4.17. The van der Waals surface area contributed by atoms with Gasteiger partial charge in [0.1, 0.15) is 0 Å². The smallest absolute Gasteiger partial charge is 0.0351 e. The Morgan fingerprint density at radius 3 is 2.69 bits per heavy atom. The molecule has 13 heavy (non-hydrogen) atoms. The minimum atomic E-state index is 1.38. The summed E-state index contributed by atoms with van der Waals surface area (Å²) in [7, 11) is 0. The number of hydrogen-bond acceptors (Lipinski definition) is 1. The summed E-state index contributed by atoms with van der Waals surface area (Å²) in [6, 6.07) is 8.56. The first-order valence-corrected chi connectivity index (χ1v) is 5.25. The van der Waals surface area contributed by atoms with Gasteiger partial charge in [0, 0.05) is 9.58 Å². The van der Waals surface area contributed by atoms with Crippen molar-refractivity contribution >= 4 is 27.5 Å². The maximum Gasteiger partial charge on any atom is 0.0351 e. The van der Waals surface area contributed by atoms with Crippen LogP contribution in [0.3, 0.4) is 0 Å². The molecule has 1 aromatic carbocycles. The number of allylic oxidation sites excluding steroid dienone is 1. The Kier molecular flexibility index (Phi) is 2.19. The van der Waals surface area contributed by atoms with Crippen LogP contribution in [0.15, 0.2) is 30.3 Å². The summed E-state index contributed by atoms with van der Waals surface area (Å²) in [6.07, 6.45) is 4.28. The summed E-state index contributed by atoms with van der Waals surface area (Å²) in [5, 5.41) is 1.39. The topological polar surface area (TPSA) is 0 Å². The highest BCUT2D eigenvalue weighted by atomic mass is 32.1. The van der Waals surface area contributed by atoms with Gasteiger partial charge in [-0.15, -0.1) is 11.3 Å². The third kappa shape index (κ3) is 1.40. The Morgan fingerprint density at radius 2 is 2.00 bits per heavy atom. The SMILES string of the molecule is C/C=C/c1sc2ccccc2c1C. The van der Waals surface area contributed by atoms with E-state index in [1.54, 1.807) is 0 Å². The van der Waals surface area contributed by atoms with Gasteiger partial charge in [0.25, 0.3) is 0 Å². The Balaban J connectivity index is 2.73. The van der Waals surface area contributed by atoms with Crippen molar-refractivity contribution in [1.29, 1.82) is 0 Å². The highest BCUT2D eigenvalue weighted by molar-refractivity contribution is 7.20. The van der Waals surface area contributed by atoms with Crippen molar-refractivity contribution in [3.63, 3.8) is 0 Å². The van der Waals surface area contributed by atoms with Crippen LogP contribution in [0.5, 0.6) is 0 Å². The van der Waals surface area contributed by atoms with E-state index in [1.165, 1.54) is 20.5 Å². The number of aryl methyl sites for hydroxylation is 1. The van der Waals surface area contributed by atoms with E-state index in [0.29, 0.717) is 0 Å². The number of rotatable bonds is 1. The molecule has 0 aliphatic carbocycles. The molecule has 0 saturated heterocycles. The number of benzene rings is 1. The molecule has 0 spiro atoms. The third-order valence-corrected chi connectivity index (χ3v) is 3.44. The van der Waals surface area contributed by atoms with Gasteiger partial charge in [-0.3, -0.25) is 0 Å². The van der Waals surface area contributed by atoms with E-state index in [4.69, 9.17) is 0 Å². The summed E-state index contributed by atoms with van der Waals surface area (Å²) < 4.78 is 1.38. The quantitative estimate of drug-likeness (QED) is 0.628. The highest BCUT2D eigenvalue weighted by Gasteiger charge is 2.03. The molecule has 1 heteroatoms. The predicted octanol–water partition coefficient (Wildman–Crippen LogP) is 4.24. The van der Waals surface area contributed by atoms with Gasteiger partial charge in [0.15, 0.2) is 0 Å². The molecule has 0 unspecified atom stereocenters. The molecule has 0 aliphatic heterocycles. The largest absolute Gasteiger partial charge is 0.136 e. The lowest BCUT2D eigenvalue weighted by Crippen LogP contribution is -1.69. The fourth-order valence-corrected chi connectivity index (χ4v) is 2.69. The van der Waals surface area contributed by atoms with Crippen molar-refractivity contribution in [1.82, 2.24) is 0 Å². The fourth-order valence-electron chi connectivity index (χ4n) is 1.50. The molecule has 0 amide bonds. The molecule has 0 radical (unpaired) electrons. The predicted molar refractivity (Wildman–Crippen MR) is 61.3 cm³/mol. The van der Waals surface area contributed by atoms with Crippen molar-refractivity contribution in [2.75, 3.05) is 0 Å². The molecule has 2 aromatic rings. The molecule has 0 aliphatic rings. The van der Waals surface area contributed by atoms with Gasteiger partial charge in [-0.25, -0.2) is 0 Å². The summed E-state index contributed by atoms with van der Waals surface area (Å²) in [4.78, 5) is 1.38. The van der Waals surface area contributed by atoms with Crippen LogP contribution in [0.1, 0.15) is 17.4 Å². The normalized spacial score (nSPS) is 11.5. The molecule has 0 bridgehead atoms. The van der Waals surface area contributed by atoms with Gasteiger partial charge < -0.3 is 0 Å². The van der Waals surface area contributed by atoms with Gasteiger partial charge >= 0.3 is 0 Å². The molecular formula is C12H12S. The van der Waals surface area contributed by atoms with Crippen LogP contribution >= 0.6 is 11.3 Å². The third-order valence-electron chi connectivity index (χ3n) is 2.20. The van der Waals surface area contributed by atoms with Crippen molar-refractivity contribution in [3.8, 4) is 0 Å². The molecule has 0 nitrogen and oxygen atoms in total. The van der Waals surface area contributed by atoms with E-state index >= 15 is 0 Å². The van der Waals surface area contributed by atoms with Gasteiger partial charge in [0.2, 0.25) is 0 Å². The maximum atomic E-state index is 2.19. The van der Waals surface area contributed by atoms with E-state index in [-0.39, 0.29) is 0 Å². The standard InChI is InChI=1S/C12H12S/c1-3-6-11-9(2)10-7-4-5-8-12(10)13-11/h3-8H,1-2H3/b6-3+. The average molecular weight is 188 g/mol. The minimum absolute atomic E-state index is 1.38. The summed E-state index contributed by atoms with van der Waals surface area (Å²) in [5.41, 5.74) is 1.40. The van der Waals surface area contributed by atoms with Gasteiger partial charge in [0.05, 0.1) is 0 Å². The monoisotopic (exact) mass is 188 g/mol. The van der Waals surface area contributed by atoms with Crippen molar-refractivity contribution in [2.24, 2.45) is 0 Å². The average Bonchev–Trinajstić information content (AvgIpc) is 2.46. The Labute approximate surface area is 82.5 Å². The Morgan fingerprint density at radius 1 is 1.23 bits per heavy atom. The van der Waals surface area contributed by atoms with Crippen molar-refractivity contribution < 1.29 is 0 Å². The number of thiophene rings is 1. The Hall–Kier alpha value is -1.08. The van der Waals surface area contributed by atoms with Gasteiger partial charge in [-0.1, -0.05) is 24.3 Å². The van der Waals surface area contributed by atoms with Crippen molar-refractivity contribution in [2.45, 2.75) is 13.8 Å². The van der Waals surface area contributed by atoms with E-state index in [2.05, 4.69) is 50.3 Å². The molecule has 0 saturated carbocycles. The second-order valence-electron chi connectivity index (χ2n) is 3.09. The number of hydrogen-bond donors (Lipinski definition) is 0. The molecule has 0 fully saturated rings. The number of fused-ring (bicyclic) bond motifs is 1. The van der Waals surface area contributed by atoms with Crippen LogP contribution in [0.4, 0.5) is 0 Å². The summed E-state index contributed by atoms with van der Waals surface area (Å²) in [5.74, 6) is 0. The second kappa shape index (κ2) is 3.35. The van der Waals surface area contributed by atoms with Crippen LogP contribution in [0.2, 0.25) is 0 Å². The first kappa shape index (κ1) is 8.52. The van der Waals surface area contributed by atoms with Crippen LogP contribution in [-0.4, -0.2) is 0 Å². The summed E-state index contributed by atoms with van der Waals surface area (Å²) >= 11 is 1.86. The van der Waals surface area contributed by atoms with E-state index < -0.39 is 0 Å². The Bertz CT molecular complexity index is 449. The molecule has 1 aromatic heterocycles. The zero-order valence-corrected chi connectivity index (χ0v) is 8.69. The lowest BCUT2D eigenvalue weighted by molar-refractivity contribution is 1.57. The minimum Gasteiger partial charge on any atom is -0.136 e. The first-order valence-electron chi connectivity index (χ1n) is 4.43. The lowest BCUT2D eigenvalue weighted by Gasteiger charge is -1.89. The van der Waals surface area contributed by atoms with Crippen molar-refractivity contribution in [3.05, 3.63) is 40.8 Å². The fraction of sp³-hybridized carbons (Fsp3) is 0.167. The molecule has 0 N–H and O–H groups in total. The van der Waals surface area contributed by atoms with Gasteiger partial charge in [-0.2, -0.15) is 0 Å². The molecule has 0 atom stereocenters. The van der Waals surface area contributed by atoms with Crippen LogP contribution in [0, 0.1) is 6.92 Å². The molecule has 66 valence electrons. The molecule has 1 heterocycles. The molecule has 2 rings (SSSR count). The highest BCUT2D eigenvalue weighted by Crippen LogP contribution is 2.31. The molecular weight excluding hydrogens is 176 g/mol. The first-order chi connectivity index (χ1) is 6.33. The zero-order valence-electron chi connectivity index (χ0n) is 7.87. The van der Waals surface area contributed by atoms with E-state index in [1.807, 2.05) is 11.3 Å². The van der Waals surface area contributed by atoms with Crippen LogP contribution in [0.25, 0.3) is 16.2 Å². The lowest BCUT2D eigenvalue weighted by atomic mass is 10.1. The zero-order chi connectivity index (χ0) is 9.26. The van der Waals surface area contributed by atoms with E-state index in [9.17, 15) is 0 Å². The van der Waals surface area contributed by atoms with Crippen LogP contribution in [-0.2, 0) is 0 Å².